The summed E-state index contributed by atoms with van der Waals surface area (Å²) < 4.78 is 21.7. The first-order valence-corrected chi connectivity index (χ1v) is 7.70. The number of nitrogens with two attached hydrogens (primary N) is 1. The molecule has 0 bridgehead atoms. The maximum Gasteiger partial charge on any atom is 0.286 e. The Labute approximate surface area is 119 Å². The topological polar surface area (TPSA) is 63.4 Å². The molecule has 9 heteroatoms. The molecule has 0 atom stereocenters. The molecule has 1 aromatic carbocycles. The zero-order chi connectivity index (χ0) is 13.1. The molecule has 0 heterocycles. The third kappa shape index (κ3) is 6.15. The number of nitrogens with zero attached hydrogens (tertiary/aromatic N) is 1. The second kappa shape index (κ2) is 5.97. The standard InChI is InChI=1S/C8H9Cl3N2O2S2/c9-8(10,11)16-13(17(12,14)15)6-7-4-2-1-3-5-7/h1-5H,6H2,(H2,12,14,15). The van der Waals surface area contributed by atoms with Crippen molar-refractivity contribution in [3.8, 4) is 0 Å². The van der Waals surface area contributed by atoms with Gasteiger partial charge in [0.2, 0.25) is 0 Å². The predicted octanol–water partition coefficient (Wildman–Crippen LogP) is 2.67. The highest BCUT2D eigenvalue weighted by atomic mass is 35.6. The molecule has 1 aromatic rings. The summed E-state index contributed by atoms with van der Waals surface area (Å²) >= 11 is 17.1. The zero-order valence-electron chi connectivity index (χ0n) is 8.39. The van der Waals surface area contributed by atoms with E-state index in [1.807, 2.05) is 6.07 Å². The summed E-state index contributed by atoms with van der Waals surface area (Å²) in [5.74, 6) is 0. The molecule has 0 saturated heterocycles. The average Bonchev–Trinajstić information content (AvgIpc) is 2.15. The number of benzene rings is 1. The van der Waals surface area contributed by atoms with Crippen molar-refractivity contribution in [3.63, 3.8) is 0 Å². The first-order chi connectivity index (χ1) is 7.68. The first-order valence-electron chi connectivity index (χ1n) is 4.29. The van der Waals surface area contributed by atoms with E-state index in [2.05, 4.69) is 0 Å². The third-order valence-electron chi connectivity index (χ3n) is 1.64. The number of halogens is 3. The number of rotatable bonds is 4. The first kappa shape index (κ1) is 15.4. The number of hydrogen-bond donors (Lipinski definition) is 1. The van der Waals surface area contributed by atoms with E-state index >= 15 is 0 Å². The summed E-state index contributed by atoms with van der Waals surface area (Å²) in [5.41, 5.74) is 0.739. The molecule has 0 spiro atoms. The van der Waals surface area contributed by atoms with Gasteiger partial charge in [0.1, 0.15) is 0 Å². The summed E-state index contributed by atoms with van der Waals surface area (Å²) in [6.07, 6.45) is 0. The summed E-state index contributed by atoms with van der Waals surface area (Å²) in [6.45, 7) is 0.0260. The SMILES string of the molecule is NS(=O)(=O)N(Cc1ccccc1)SC(Cl)(Cl)Cl. The molecule has 0 fully saturated rings. The summed E-state index contributed by atoms with van der Waals surface area (Å²) in [7, 11) is -3.95. The molecule has 0 aliphatic heterocycles. The molecule has 0 aliphatic carbocycles. The van der Waals surface area contributed by atoms with Gasteiger partial charge in [-0.05, 0) is 17.5 Å². The minimum atomic E-state index is -3.95. The maximum absolute atomic E-state index is 11.3. The third-order valence-corrected chi connectivity index (χ3v) is 4.35. The van der Waals surface area contributed by atoms with E-state index in [0.717, 1.165) is 9.27 Å². The molecule has 0 radical (unpaired) electrons. The smallest absolute Gasteiger partial charge is 0.215 e. The number of alkyl halides is 3. The van der Waals surface area contributed by atoms with Gasteiger partial charge >= 0.3 is 0 Å². The molecule has 96 valence electrons. The lowest BCUT2D eigenvalue weighted by Crippen LogP contribution is -2.32. The lowest BCUT2D eigenvalue weighted by atomic mass is 10.2. The monoisotopic (exact) mass is 334 g/mol. The van der Waals surface area contributed by atoms with E-state index in [1.54, 1.807) is 24.3 Å². The fourth-order valence-electron chi connectivity index (χ4n) is 1.02. The van der Waals surface area contributed by atoms with Crippen molar-refractivity contribution in [3.05, 3.63) is 35.9 Å². The van der Waals surface area contributed by atoms with Gasteiger partial charge in [0.15, 0.2) is 0 Å². The van der Waals surface area contributed by atoms with E-state index in [-0.39, 0.29) is 6.54 Å². The molecule has 1 rings (SSSR count). The van der Waals surface area contributed by atoms with Crippen LogP contribution in [0.15, 0.2) is 30.3 Å². The van der Waals surface area contributed by atoms with Gasteiger partial charge < -0.3 is 0 Å². The van der Waals surface area contributed by atoms with Crippen LogP contribution in [-0.2, 0) is 16.8 Å². The Morgan fingerprint density at radius 2 is 1.76 bits per heavy atom. The van der Waals surface area contributed by atoms with Crippen molar-refractivity contribution in [2.75, 3.05) is 0 Å². The highest BCUT2D eigenvalue weighted by Crippen LogP contribution is 2.42. The Bertz CT molecular complexity index is 461. The molecule has 2 N–H and O–H groups in total. The van der Waals surface area contributed by atoms with Gasteiger partial charge in [-0.25, -0.2) is 5.14 Å². The van der Waals surface area contributed by atoms with Gasteiger partial charge in [0.25, 0.3) is 13.3 Å². The highest BCUT2D eigenvalue weighted by molar-refractivity contribution is 8.11. The zero-order valence-corrected chi connectivity index (χ0v) is 12.3. The van der Waals surface area contributed by atoms with Crippen molar-refractivity contribution in [2.45, 2.75) is 9.67 Å². The van der Waals surface area contributed by atoms with Crippen LogP contribution in [0.2, 0.25) is 0 Å². The molecular formula is C8H9Cl3N2O2S2. The van der Waals surface area contributed by atoms with Crippen LogP contribution in [0.4, 0.5) is 0 Å². The van der Waals surface area contributed by atoms with Crippen LogP contribution >= 0.6 is 46.8 Å². The van der Waals surface area contributed by atoms with Crippen LogP contribution < -0.4 is 5.14 Å². The van der Waals surface area contributed by atoms with Crippen molar-refractivity contribution >= 4 is 57.0 Å². The minimum Gasteiger partial charge on any atom is -0.215 e. The van der Waals surface area contributed by atoms with Gasteiger partial charge in [-0.1, -0.05) is 65.1 Å². The lowest BCUT2D eigenvalue weighted by molar-refractivity contribution is 0.542. The van der Waals surface area contributed by atoms with Crippen LogP contribution in [0.25, 0.3) is 0 Å². The quantitative estimate of drug-likeness (QED) is 0.679. The molecule has 0 aliphatic rings. The number of hydrogen-bond acceptors (Lipinski definition) is 3. The molecule has 0 unspecified atom stereocenters. The molecule has 0 amide bonds. The van der Waals surface area contributed by atoms with Gasteiger partial charge in [-0.2, -0.15) is 8.42 Å². The lowest BCUT2D eigenvalue weighted by Gasteiger charge is -2.21. The Hall–Kier alpha value is 0.310. The van der Waals surface area contributed by atoms with Crippen molar-refractivity contribution < 1.29 is 8.42 Å². The second-order valence-electron chi connectivity index (χ2n) is 3.03. The fraction of sp³-hybridized carbons (Fsp3) is 0.250. The Balaban J connectivity index is 2.87. The molecular weight excluding hydrogens is 327 g/mol. The average molecular weight is 336 g/mol. The maximum atomic E-state index is 11.3. The van der Waals surface area contributed by atoms with Crippen molar-refractivity contribution in [2.24, 2.45) is 5.14 Å². The van der Waals surface area contributed by atoms with Crippen molar-refractivity contribution in [1.29, 1.82) is 0 Å². The van der Waals surface area contributed by atoms with Gasteiger partial charge in [0, 0.05) is 0 Å². The Kier molecular flexibility index (Phi) is 5.39. The molecule has 0 saturated carbocycles. The van der Waals surface area contributed by atoms with Crippen LogP contribution in [-0.4, -0.2) is 15.3 Å². The van der Waals surface area contributed by atoms with Crippen LogP contribution in [0.5, 0.6) is 0 Å². The summed E-state index contributed by atoms with van der Waals surface area (Å²) in [6, 6.07) is 8.86. The highest BCUT2D eigenvalue weighted by Gasteiger charge is 2.30. The Morgan fingerprint density at radius 3 is 2.18 bits per heavy atom. The summed E-state index contributed by atoms with van der Waals surface area (Å²) in [5, 5.41) is 5.04. The van der Waals surface area contributed by atoms with Crippen molar-refractivity contribution in [1.82, 2.24) is 3.71 Å². The largest absolute Gasteiger partial charge is 0.286 e. The van der Waals surface area contributed by atoms with Gasteiger partial charge in [-0.3, -0.25) is 0 Å². The predicted molar refractivity (Wildman–Crippen MR) is 73.0 cm³/mol. The van der Waals surface area contributed by atoms with Crippen LogP contribution in [0.1, 0.15) is 5.56 Å². The van der Waals surface area contributed by atoms with Gasteiger partial charge in [-0.15, -0.1) is 3.71 Å². The van der Waals surface area contributed by atoms with E-state index in [4.69, 9.17) is 39.9 Å². The molecule has 17 heavy (non-hydrogen) atoms. The van der Waals surface area contributed by atoms with Gasteiger partial charge in [0.05, 0.1) is 6.54 Å². The summed E-state index contributed by atoms with van der Waals surface area (Å²) in [4.78, 5) is 0. The van der Waals surface area contributed by atoms with Crippen LogP contribution in [0.3, 0.4) is 0 Å². The Morgan fingerprint density at radius 1 is 1.24 bits per heavy atom. The van der Waals surface area contributed by atoms with Crippen LogP contribution in [0, 0.1) is 0 Å². The van der Waals surface area contributed by atoms with E-state index < -0.39 is 13.3 Å². The molecule has 0 aromatic heterocycles. The normalized spacial score (nSPS) is 13.0. The van der Waals surface area contributed by atoms with E-state index in [9.17, 15) is 8.42 Å². The van der Waals surface area contributed by atoms with E-state index in [0.29, 0.717) is 11.9 Å². The minimum absolute atomic E-state index is 0.0260. The molecule has 4 nitrogen and oxygen atoms in total. The second-order valence-corrected chi connectivity index (χ2v) is 8.92. The fourth-order valence-corrected chi connectivity index (χ4v) is 3.66. The van der Waals surface area contributed by atoms with E-state index in [1.165, 1.54) is 0 Å².